The first-order valence-electron chi connectivity index (χ1n) is 7.58. The number of ether oxygens (including phenoxy) is 1. The lowest BCUT2D eigenvalue weighted by Gasteiger charge is -2.11. The molecule has 2 aromatic carbocycles. The van der Waals surface area contributed by atoms with Crippen LogP contribution in [-0.2, 0) is 11.3 Å². The van der Waals surface area contributed by atoms with Gasteiger partial charge in [0, 0.05) is 22.6 Å². The Labute approximate surface area is 148 Å². The molecule has 0 aliphatic carbocycles. The molecule has 1 heterocycles. The number of rotatable bonds is 5. The van der Waals surface area contributed by atoms with Gasteiger partial charge in [0.1, 0.15) is 22.7 Å². The van der Waals surface area contributed by atoms with Crippen molar-refractivity contribution in [2.24, 2.45) is 0 Å². The molecular formula is C19H14F2N2OS. The minimum Gasteiger partial charge on any atom is -0.367 e. The quantitative estimate of drug-likeness (QED) is 0.628. The van der Waals surface area contributed by atoms with E-state index in [0.29, 0.717) is 11.1 Å². The van der Waals surface area contributed by atoms with Crippen LogP contribution in [0.15, 0.2) is 47.8 Å². The van der Waals surface area contributed by atoms with E-state index in [2.05, 4.69) is 11.1 Å². The van der Waals surface area contributed by atoms with Crippen LogP contribution in [0.4, 0.5) is 8.78 Å². The molecule has 3 nitrogen and oxygen atoms in total. The molecule has 0 spiro atoms. The lowest BCUT2D eigenvalue weighted by atomic mass is 10.1. The second kappa shape index (κ2) is 7.51. The van der Waals surface area contributed by atoms with Crippen molar-refractivity contribution in [2.75, 3.05) is 0 Å². The fourth-order valence-corrected chi connectivity index (χ4v) is 3.08. The van der Waals surface area contributed by atoms with Crippen LogP contribution >= 0.6 is 11.3 Å². The van der Waals surface area contributed by atoms with Crippen LogP contribution in [-0.4, -0.2) is 4.98 Å². The lowest BCUT2D eigenvalue weighted by Crippen LogP contribution is -2.02. The smallest absolute Gasteiger partial charge is 0.131 e. The molecule has 0 unspecified atom stereocenters. The maximum Gasteiger partial charge on any atom is 0.131 e. The summed E-state index contributed by atoms with van der Waals surface area (Å²) in [5.41, 5.74) is 2.61. The first-order valence-corrected chi connectivity index (χ1v) is 8.46. The van der Waals surface area contributed by atoms with Crippen LogP contribution < -0.4 is 0 Å². The van der Waals surface area contributed by atoms with Crippen molar-refractivity contribution in [1.29, 1.82) is 5.26 Å². The Morgan fingerprint density at radius 1 is 1.20 bits per heavy atom. The van der Waals surface area contributed by atoms with Crippen molar-refractivity contribution >= 4 is 11.3 Å². The monoisotopic (exact) mass is 356 g/mol. The molecule has 25 heavy (non-hydrogen) atoms. The van der Waals surface area contributed by atoms with E-state index < -0.39 is 11.6 Å². The van der Waals surface area contributed by atoms with E-state index in [1.54, 1.807) is 12.1 Å². The number of nitrogens with zero attached hydrogens (tertiary/aromatic N) is 2. The zero-order valence-electron chi connectivity index (χ0n) is 13.4. The minimum atomic E-state index is -0.621. The van der Waals surface area contributed by atoms with Crippen LogP contribution in [0.25, 0.3) is 11.3 Å². The summed E-state index contributed by atoms with van der Waals surface area (Å²) in [6.07, 6.45) is -0.318. The molecule has 0 bridgehead atoms. The standard InChI is InChI=1S/C19H14F2N2OS/c1-12(24-10-15-6-7-16(20)8-17(15)21)19-23-18(11-25-19)14-4-2-13(9-22)3-5-14/h2-8,11-12H,10H2,1H3/t12-/m1/s1. The third kappa shape index (κ3) is 4.08. The molecule has 0 amide bonds. The van der Waals surface area contributed by atoms with Crippen molar-refractivity contribution < 1.29 is 13.5 Å². The van der Waals surface area contributed by atoms with Gasteiger partial charge < -0.3 is 4.74 Å². The SMILES string of the molecule is C[C@@H](OCc1ccc(F)cc1F)c1nc(-c2ccc(C#N)cc2)cs1. The van der Waals surface area contributed by atoms with Gasteiger partial charge in [-0.3, -0.25) is 0 Å². The van der Waals surface area contributed by atoms with Gasteiger partial charge >= 0.3 is 0 Å². The number of hydrogen-bond acceptors (Lipinski definition) is 4. The van der Waals surface area contributed by atoms with Gasteiger partial charge in [0.15, 0.2) is 0 Å². The molecule has 0 saturated carbocycles. The number of aromatic nitrogens is 1. The van der Waals surface area contributed by atoms with Crippen molar-refractivity contribution in [3.05, 3.63) is 75.6 Å². The molecule has 3 rings (SSSR count). The number of hydrogen-bond donors (Lipinski definition) is 0. The predicted octanol–water partition coefficient (Wildman–Crippen LogP) is 5.24. The van der Waals surface area contributed by atoms with Gasteiger partial charge in [-0.1, -0.05) is 18.2 Å². The number of nitriles is 1. The molecule has 0 radical (unpaired) electrons. The van der Waals surface area contributed by atoms with Crippen LogP contribution in [0.5, 0.6) is 0 Å². The summed E-state index contributed by atoms with van der Waals surface area (Å²) in [4.78, 5) is 4.54. The maximum absolute atomic E-state index is 13.6. The van der Waals surface area contributed by atoms with Crippen LogP contribution in [0.2, 0.25) is 0 Å². The molecule has 1 aromatic heterocycles. The Balaban J connectivity index is 1.67. The number of thiazole rings is 1. The number of benzene rings is 2. The third-order valence-corrected chi connectivity index (χ3v) is 4.69. The van der Waals surface area contributed by atoms with Gasteiger partial charge in [-0.25, -0.2) is 13.8 Å². The van der Waals surface area contributed by atoms with Crippen LogP contribution in [0.3, 0.4) is 0 Å². The summed E-state index contributed by atoms with van der Waals surface area (Å²) < 4.78 is 32.2. The average molecular weight is 356 g/mol. The van der Waals surface area contributed by atoms with Crippen molar-refractivity contribution in [2.45, 2.75) is 19.6 Å². The maximum atomic E-state index is 13.6. The average Bonchev–Trinajstić information content (AvgIpc) is 3.11. The van der Waals surface area contributed by atoms with E-state index in [0.717, 1.165) is 22.3 Å². The highest BCUT2D eigenvalue weighted by atomic mass is 32.1. The largest absolute Gasteiger partial charge is 0.367 e. The summed E-state index contributed by atoms with van der Waals surface area (Å²) in [7, 11) is 0. The summed E-state index contributed by atoms with van der Waals surface area (Å²) in [6.45, 7) is 1.88. The van der Waals surface area contributed by atoms with Crippen molar-refractivity contribution in [3.8, 4) is 17.3 Å². The minimum absolute atomic E-state index is 0.0407. The summed E-state index contributed by atoms with van der Waals surface area (Å²) in [5.74, 6) is -1.23. The van der Waals surface area contributed by atoms with Gasteiger partial charge in [-0.15, -0.1) is 11.3 Å². The van der Waals surface area contributed by atoms with Gasteiger partial charge in [-0.2, -0.15) is 5.26 Å². The molecular weight excluding hydrogens is 342 g/mol. The fourth-order valence-electron chi connectivity index (χ4n) is 2.25. The molecule has 0 fully saturated rings. The zero-order valence-corrected chi connectivity index (χ0v) is 14.2. The lowest BCUT2D eigenvalue weighted by molar-refractivity contribution is 0.0507. The number of halogens is 2. The molecule has 126 valence electrons. The van der Waals surface area contributed by atoms with Crippen LogP contribution in [0.1, 0.15) is 29.2 Å². The van der Waals surface area contributed by atoms with E-state index in [-0.39, 0.29) is 12.7 Å². The predicted molar refractivity (Wildman–Crippen MR) is 91.8 cm³/mol. The van der Waals surface area contributed by atoms with Gasteiger partial charge in [0.05, 0.1) is 23.9 Å². The molecule has 0 aliphatic heterocycles. The van der Waals surface area contributed by atoms with E-state index in [9.17, 15) is 8.78 Å². The van der Waals surface area contributed by atoms with Crippen molar-refractivity contribution in [1.82, 2.24) is 4.98 Å². The Bertz CT molecular complexity index is 916. The highest BCUT2D eigenvalue weighted by molar-refractivity contribution is 7.10. The highest BCUT2D eigenvalue weighted by Gasteiger charge is 2.13. The summed E-state index contributed by atoms with van der Waals surface area (Å²) >= 11 is 1.45. The highest BCUT2D eigenvalue weighted by Crippen LogP contribution is 2.28. The Morgan fingerprint density at radius 3 is 2.64 bits per heavy atom. The van der Waals surface area contributed by atoms with E-state index in [1.165, 1.54) is 23.5 Å². The Hall–Kier alpha value is -2.62. The summed E-state index contributed by atoms with van der Waals surface area (Å²) in [5, 5.41) is 11.5. The first kappa shape index (κ1) is 17.2. The van der Waals surface area contributed by atoms with Gasteiger partial charge in [0.2, 0.25) is 0 Å². The molecule has 0 saturated heterocycles. The molecule has 1 atom stereocenters. The zero-order chi connectivity index (χ0) is 17.8. The second-order valence-corrected chi connectivity index (χ2v) is 6.34. The van der Waals surface area contributed by atoms with E-state index in [1.807, 2.05) is 24.4 Å². The molecule has 6 heteroatoms. The topological polar surface area (TPSA) is 45.9 Å². The van der Waals surface area contributed by atoms with Gasteiger partial charge in [0.25, 0.3) is 0 Å². The summed E-state index contributed by atoms with van der Waals surface area (Å²) in [6, 6.07) is 12.7. The molecule has 3 aromatic rings. The normalized spacial score (nSPS) is 11.9. The van der Waals surface area contributed by atoms with E-state index >= 15 is 0 Å². The third-order valence-electron chi connectivity index (χ3n) is 3.68. The Kier molecular flexibility index (Phi) is 5.17. The Morgan fingerprint density at radius 2 is 1.96 bits per heavy atom. The van der Waals surface area contributed by atoms with Crippen LogP contribution in [0, 0.1) is 23.0 Å². The molecule has 0 aliphatic rings. The fraction of sp³-hybridized carbons (Fsp3) is 0.158. The van der Waals surface area contributed by atoms with E-state index in [4.69, 9.17) is 10.00 Å². The molecule has 0 N–H and O–H groups in total. The second-order valence-electron chi connectivity index (χ2n) is 5.45. The first-order chi connectivity index (χ1) is 12.1. The van der Waals surface area contributed by atoms with Crippen molar-refractivity contribution in [3.63, 3.8) is 0 Å². The van der Waals surface area contributed by atoms with Gasteiger partial charge in [-0.05, 0) is 25.1 Å².